The van der Waals surface area contributed by atoms with E-state index in [0.29, 0.717) is 0 Å². The van der Waals surface area contributed by atoms with Crippen molar-refractivity contribution in [3.05, 3.63) is 35.0 Å². The topological polar surface area (TPSA) is 86.7 Å². The lowest BCUT2D eigenvalue weighted by atomic mass is 10.3. The molecule has 2 heterocycles. The van der Waals surface area contributed by atoms with E-state index in [1.807, 2.05) is 0 Å². The predicted octanol–water partition coefficient (Wildman–Crippen LogP) is 1.43. The fourth-order valence-electron chi connectivity index (χ4n) is 1.23. The molecule has 0 saturated carbocycles. The molecule has 0 aromatic carbocycles. The van der Waals surface area contributed by atoms with Crippen LogP contribution in [0.25, 0.3) is 5.82 Å². The maximum atomic E-state index is 12.5. The Bertz CT molecular complexity index is 639. The largest absolute Gasteiger partial charge is 0.451 e. The third kappa shape index (κ3) is 2.81. The summed E-state index contributed by atoms with van der Waals surface area (Å²) < 4.78 is 38.5. The Hall–Kier alpha value is -2.16. The van der Waals surface area contributed by atoms with Crippen LogP contribution in [0.4, 0.5) is 13.2 Å². The number of aromatic nitrogens is 4. The lowest BCUT2D eigenvalue weighted by Gasteiger charge is -2.07. The highest BCUT2D eigenvalue weighted by Crippen LogP contribution is 2.27. The van der Waals surface area contributed by atoms with Gasteiger partial charge in [-0.15, -0.1) is 0 Å². The SMILES string of the molecule is NC(=O)c1cnn(-c2cc(Cl)nc(C(F)(F)F)n2)c1. The summed E-state index contributed by atoms with van der Waals surface area (Å²) in [7, 11) is 0. The van der Waals surface area contributed by atoms with Gasteiger partial charge in [0.25, 0.3) is 5.91 Å². The van der Waals surface area contributed by atoms with Gasteiger partial charge in [0.2, 0.25) is 5.82 Å². The molecular weight excluding hydrogens is 287 g/mol. The number of carbonyl (C=O) groups excluding carboxylic acids is 1. The first-order valence-electron chi connectivity index (χ1n) is 4.74. The second kappa shape index (κ2) is 4.50. The number of nitrogens with two attached hydrogens (primary N) is 1. The molecule has 2 rings (SSSR count). The Labute approximate surface area is 109 Å². The number of amides is 1. The molecule has 0 fully saturated rings. The lowest BCUT2D eigenvalue weighted by molar-refractivity contribution is -0.145. The van der Waals surface area contributed by atoms with Crippen LogP contribution in [0.2, 0.25) is 5.15 Å². The third-order valence-electron chi connectivity index (χ3n) is 2.04. The zero-order chi connectivity index (χ0) is 14.2. The normalized spacial score (nSPS) is 11.6. The highest BCUT2D eigenvalue weighted by molar-refractivity contribution is 6.29. The number of nitrogens with zero attached hydrogens (tertiary/aromatic N) is 4. The summed E-state index contributed by atoms with van der Waals surface area (Å²) in [5, 5.41) is 3.28. The smallest absolute Gasteiger partial charge is 0.366 e. The fourth-order valence-corrected chi connectivity index (χ4v) is 1.40. The van der Waals surface area contributed by atoms with E-state index in [1.54, 1.807) is 0 Å². The Balaban J connectivity index is 2.50. The van der Waals surface area contributed by atoms with Crippen LogP contribution in [0.3, 0.4) is 0 Å². The molecular formula is C9H5ClF3N5O. The molecule has 0 radical (unpaired) electrons. The van der Waals surface area contributed by atoms with E-state index in [-0.39, 0.29) is 11.4 Å². The van der Waals surface area contributed by atoms with Gasteiger partial charge in [-0.1, -0.05) is 11.6 Å². The van der Waals surface area contributed by atoms with Gasteiger partial charge >= 0.3 is 6.18 Å². The summed E-state index contributed by atoms with van der Waals surface area (Å²) in [5.41, 5.74) is 5.03. The van der Waals surface area contributed by atoms with Gasteiger partial charge in [0, 0.05) is 12.3 Å². The van der Waals surface area contributed by atoms with Crippen molar-refractivity contribution >= 4 is 17.5 Å². The number of halogens is 4. The minimum absolute atomic E-state index is 0.0308. The molecule has 2 aromatic rings. The Morgan fingerprint density at radius 3 is 2.58 bits per heavy atom. The fraction of sp³-hybridized carbons (Fsp3) is 0.111. The number of rotatable bonds is 2. The van der Waals surface area contributed by atoms with Crippen LogP contribution in [0, 0.1) is 0 Å². The number of alkyl halides is 3. The average molecular weight is 292 g/mol. The highest BCUT2D eigenvalue weighted by atomic mass is 35.5. The second-order valence-electron chi connectivity index (χ2n) is 3.41. The van der Waals surface area contributed by atoms with Crippen molar-refractivity contribution in [2.75, 3.05) is 0 Å². The molecule has 2 N–H and O–H groups in total. The Kier molecular flexibility index (Phi) is 3.14. The number of carbonyl (C=O) groups is 1. The van der Waals surface area contributed by atoms with Crippen molar-refractivity contribution in [2.24, 2.45) is 5.73 Å². The van der Waals surface area contributed by atoms with E-state index in [2.05, 4.69) is 15.1 Å². The van der Waals surface area contributed by atoms with E-state index in [1.165, 1.54) is 0 Å². The molecule has 19 heavy (non-hydrogen) atoms. The van der Waals surface area contributed by atoms with Crippen LogP contribution >= 0.6 is 11.6 Å². The van der Waals surface area contributed by atoms with Crippen LogP contribution in [0.1, 0.15) is 16.2 Å². The van der Waals surface area contributed by atoms with Gasteiger partial charge in [-0.3, -0.25) is 4.79 Å². The number of primary amides is 1. The molecule has 0 saturated heterocycles. The third-order valence-corrected chi connectivity index (χ3v) is 2.23. The second-order valence-corrected chi connectivity index (χ2v) is 3.80. The lowest BCUT2D eigenvalue weighted by Crippen LogP contribution is -2.13. The zero-order valence-corrected chi connectivity index (χ0v) is 9.77. The van der Waals surface area contributed by atoms with Crippen molar-refractivity contribution in [2.45, 2.75) is 6.18 Å². The van der Waals surface area contributed by atoms with Crippen molar-refractivity contribution < 1.29 is 18.0 Å². The summed E-state index contributed by atoms with van der Waals surface area (Å²) in [6.07, 6.45) is -2.49. The molecule has 10 heteroatoms. The van der Waals surface area contributed by atoms with E-state index in [4.69, 9.17) is 17.3 Å². The Morgan fingerprint density at radius 2 is 2.05 bits per heavy atom. The van der Waals surface area contributed by atoms with E-state index in [9.17, 15) is 18.0 Å². The molecule has 1 amide bonds. The average Bonchev–Trinajstić information content (AvgIpc) is 2.76. The summed E-state index contributed by atoms with van der Waals surface area (Å²) in [6.45, 7) is 0. The molecule has 0 atom stereocenters. The van der Waals surface area contributed by atoms with Crippen molar-refractivity contribution in [1.82, 2.24) is 19.7 Å². The molecule has 100 valence electrons. The van der Waals surface area contributed by atoms with Gasteiger partial charge in [-0.2, -0.15) is 18.3 Å². The van der Waals surface area contributed by atoms with Crippen LogP contribution in [-0.4, -0.2) is 25.7 Å². The maximum absolute atomic E-state index is 12.5. The molecule has 0 aliphatic rings. The van der Waals surface area contributed by atoms with Crippen LogP contribution < -0.4 is 5.73 Å². The summed E-state index contributed by atoms with van der Waals surface area (Å²) in [5.74, 6) is -2.38. The van der Waals surface area contributed by atoms with Crippen molar-refractivity contribution in [3.63, 3.8) is 0 Å². The zero-order valence-electron chi connectivity index (χ0n) is 9.02. The first-order valence-corrected chi connectivity index (χ1v) is 5.12. The van der Waals surface area contributed by atoms with Crippen molar-refractivity contribution in [3.8, 4) is 5.82 Å². The van der Waals surface area contributed by atoms with Gasteiger partial charge in [-0.25, -0.2) is 14.6 Å². The first kappa shape index (κ1) is 13.3. The number of hydrogen-bond donors (Lipinski definition) is 1. The molecule has 0 unspecified atom stereocenters. The van der Waals surface area contributed by atoms with Crippen LogP contribution in [0.15, 0.2) is 18.5 Å². The van der Waals surface area contributed by atoms with Crippen molar-refractivity contribution in [1.29, 1.82) is 0 Å². The standard InChI is InChI=1S/C9H5ClF3N5O/c10-5-1-6(17-8(16-5)9(11,12)13)18-3-4(2-15-18)7(14)19/h1-3H,(H2,14,19). The summed E-state index contributed by atoms with van der Waals surface area (Å²) >= 11 is 5.49. The quantitative estimate of drug-likeness (QED) is 0.848. The molecule has 0 aliphatic heterocycles. The van der Waals surface area contributed by atoms with E-state index in [0.717, 1.165) is 23.1 Å². The van der Waals surface area contributed by atoms with Gasteiger partial charge in [0.15, 0.2) is 5.82 Å². The molecule has 0 spiro atoms. The van der Waals surface area contributed by atoms with Gasteiger partial charge < -0.3 is 5.73 Å². The van der Waals surface area contributed by atoms with E-state index < -0.39 is 23.1 Å². The summed E-state index contributed by atoms with van der Waals surface area (Å²) in [4.78, 5) is 17.2. The first-order chi connectivity index (χ1) is 8.77. The molecule has 0 aliphatic carbocycles. The molecule has 0 bridgehead atoms. The number of hydrogen-bond acceptors (Lipinski definition) is 4. The minimum Gasteiger partial charge on any atom is -0.366 e. The Morgan fingerprint density at radius 1 is 1.37 bits per heavy atom. The van der Waals surface area contributed by atoms with E-state index >= 15 is 0 Å². The van der Waals surface area contributed by atoms with Gasteiger partial charge in [-0.05, 0) is 0 Å². The highest BCUT2D eigenvalue weighted by Gasteiger charge is 2.35. The molecule has 6 nitrogen and oxygen atoms in total. The maximum Gasteiger partial charge on any atom is 0.451 e. The van der Waals surface area contributed by atoms with Gasteiger partial charge in [0.1, 0.15) is 5.15 Å². The monoisotopic (exact) mass is 291 g/mol. The molecule has 2 aromatic heterocycles. The predicted molar refractivity (Wildman–Crippen MR) is 57.7 cm³/mol. The van der Waals surface area contributed by atoms with Crippen LogP contribution in [-0.2, 0) is 6.18 Å². The van der Waals surface area contributed by atoms with Crippen LogP contribution in [0.5, 0.6) is 0 Å². The summed E-state index contributed by atoms with van der Waals surface area (Å²) in [6, 6.07) is 1.08. The minimum atomic E-state index is -4.74. The van der Waals surface area contributed by atoms with Gasteiger partial charge in [0.05, 0.1) is 11.8 Å².